The highest BCUT2D eigenvalue weighted by molar-refractivity contribution is 6.33. The highest BCUT2D eigenvalue weighted by Gasteiger charge is 2.38. The minimum Gasteiger partial charge on any atom is -0.396 e. The number of aryl methyl sites for hydroxylation is 1. The number of fused-ring (bicyclic) bond motifs is 1. The number of morpholine rings is 1. The maximum Gasteiger partial charge on any atom is 0.141 e. The molecule has 0 saturated carbocycles. The van der Waals surface area contributed by atoms with Crippen molar-refractivity contribution in [3.63, 3.8) is 0 Å². The summed E-state index contributed by atoms with van der Waals surface area (Å²) in [4.78, 5) is 7.07. The molecule has 0 bridgehead atoms. The maximum atomic E-state index is 9.15. The molecule has 1 aromatic carbocycles. The van der Waals surface area contributed by atoms with Crippen molar-refractivity contribution in [2.75, 3.05) is 26.3 Å². The van der Waals surface area contributed by atoms with Crippen LogP contribution in [0.25, 0.3) is 11.4 Å². The Balaban J connectivity index is 1.55. The van der Waals surface area contributed by atoms with Gasteiger partial charge in [-0.05, 0) is 37.5 Å². The third kappa shape index (κ3) is 3.34. The van der Waals surface area contributed by atoms with Gasteiger partial charge in [0.1, 0.15) is 5.82 Å². The van der Waals surface area contributed by atoms with Crippen molar-refractivity contribution in [1.29, 1.82) is 0 Å². The molecular weight excluding hydrogens is 338 g/mol. The molecule has 0 radical (unpaired) electrons. The van der Waals surface area contributed by atoms with Gasteiger partial charge in [0.2, 0.25) is 0 Å². The number of hydrogen-bond acceptors (Lipinski definition) is 4. The van der Waals surface area contributed by atoms with Gasteiger partial charge in [-0.1, -0.05) is 17.7 Å². The van der Waals surface area contributed by atoms with E-state index in [4.69, 9.17) is 21.4 Å². The molecule has 0 unspecified atom stereocenters. The summed E-state index contributed by atoms with van der Waals surface area (Å²) in [6, 6.07) is 6.94. The van der Waals surface area contributed by atoms with Gasteiger partial charge in [0.05, 0.1) is 17.7 Å². The zero-order valence-corrected chi connectivity index (χ0v) is 15.2. The van der Waals surface area contributed by atoms with Crippen molar-refractivity contribution in [1.82, 2.24) is 14.5 Å². The largest absolute Gasteiger partial charge is 0.396 e. The zero-order chi connectivity index (χ0) is 17.4. The maximum absolute atomic E-state index is 9.15. The first kappa shape index (κ1) is 17.0. The Labute approximate surface area is 153 Å². The van der Waals surface area contributed by atoms with Gasteiger partial charge in [0, 0.05) is 49.7 Å². The number of benzene rings is 1. The number of nitrogens with zero attached hydrogens (tertiary/aromatic N) is 3. The minimum absolute atomic E-state index is 0.147. The lowest BCUT2D eigenvalue weighted by atomic mass is 10.1. The Morgan fingerprint density at radius 1 is 1.32 bits per heavy atom. The van der Waals surface area contributed by atoms with Gasteiger partial charge < -0.3 is 14.4 Å². The quantitative estimate of drug-likeness (QED) is 0.909. The van der Waals surface area contributed by atoms with Crippen LogP contribution in [0.3, 0.4) is 0 Å². The van der Waals surface area contributed by atoms with Crippen LogP contribution in [-0.4, -0.2) is 58.0 Å². The van der Waals surface area contributed by atoms with E-state index in [2.05, 4.69) is 32.8 Å². The van der Waals surface area contributed by atoms with Crippen LogP contribution in [-0.2, 0) is 4.74 Å². The standard InChI is InChI=1S/C19H24ClN3O2/c1-13-2-3-17(18(20)8-13)19-21-5-6-23(19)14-9-15-12-25-16(4-7-24)11-22(15)10-14/h2-3,5-6,8,14-16,24H,4,7,9-12H2,1H3/t14-,15-,16-/m0/s1. The summed E-state index contributed by atoms with van der Waals surface area (Å²) >= 11 is 6.47. The third-order valence-corrected chi connectivity index (χ3v) is 5.66. The Bertz CT molecular complexity index is 748. The van der Waals surface area contributed by atoms with E-state index in [-0.39, 0.29) is 12.7 Å². The van der Waals surface area contributed by atoms with Crippen LogP contribution in [0.1, 0.15) is 24.4 Å². The average Bonchev–Trinajstić information content (AvgIpc) is 3.21. The molecule has 1 N–H and O–H groups in total. The van der Waals surface area contributed by atoms with E-state index in [0.29, 0.717) is 18.5 Å². The second kappa shape index (κ2) is 7.08. The fourth-order valence-electron chi connectivity index (χ4n) is 4.05. The molecule has 3 atom stereocenters. The Morgan fingerprint density at radius 3 is 3.00 bits per heavy atom. The number of rotatable bonds is 4. The van der Waals surface area contributed by atoms with Crippen LogP contribution >= 0.6 is 11.6 Å². The van der Waals surface area contributed by atoms with E-state index in [1.54, 1.807) is 0 Å². The number of hydrogen-bond donors (Lipinski definition) is 1. The van der Waals surface area contributed by atoms with Crippen LogP contribution < -0.4 is 0 Å². The lowest BCUT2D eigenvalue weighted by molar-refractivity contribution is -0.0567. The molecule has 1 aromatic heterocycles. The smallest absolute Gasteiger partial charge is 0.141 e. The Hall–Kier alpha value is -1.40. The lowest BCUT2D eigenvalue weighted by Gasteiger charge is -2.34. The Kier molecular flexibility index (Phi) is 4.82. The molecule has 2 aliphatic heterocycles. The number of aliphatic hydroxyl groups is 1. The summed E-state index contributed by atoms with van der Waals surface area (Å²) in [6.07, 6.45) is 5.82. The molecule has 25 heavy (non-hydrogen) atoms. The number of aliphatic hydroxyl groups excluding tert-OH is 1. The minimum atomic E-state index is 0.147. The second-order valence-electron chi connectivity index (χ2n) is 7.11. The van der Waals surface area contributed by atoms with Crippen LogP contribution in [0, 0.1) is 6.92 Å². The highest BCUT2D eigenvalue weighted by Crippen LogP contribution is 2.35. The molecule has 2 saturated heterocycles. The van der Waals surface area contributed by atoms with Gasteiger partial charge in [-0.25, -0.2) is 4.98 Å². The summed E-state index contributed by atoms with van der Waals surface area (Å²) in [5.41, 5.74) is 2.13. The van der Waals surface area contributed by atoms with Crippen LogP contribution in [0.2, 0.25) is 5.02 Å². The fraction of sp³-hybridized carbons (Fsp3) is 0.526. The third-order valence-electron chi connectivity index (χ3n) is 5.35. The molecule has 134 valence electrons. The topological polar surface area (TPSA) is 50.5 Å². The number of ether oxygens (including phenoxy) is 1. The van der Waals surface area contributed by atoms with Gasteiger partial charge >= 0.3 is 0 Å². The van der Waals surface area contributed by atoms with Crippen molar-refractivity contribution in [3.8, 4) is 11.4 Å². The van der Waals surface area contributed by atoms with Crippen molar-refractivity contribution in [2.45, 2.75) is 38.0 Å². The molecule has 5 nitrogen and oxygen atoms in total. The van der Waals surface area contributed by atoms with Gasteiger partial charge in [-0.2, -0.15) is 0 Å². The molecule has 0 aliphatic carbocycles. The van der Waals surface area contributed by atoms with Crippen LogP contribution in [0.5, 0.6) is 0 Å². The molecule has 4 rings (SSSR count). The van der Waals surface area contributed by atoms with Crippen LogP contribution in [0.4, 0.5) is 0 Å². The van der Waals surface area contributed by atoms with E-state index in [1.807, 2.05) is 19.2 Å². The number of halogens is 1. The first-order chi connectivity index (χ1) is 12.2. The SMILES string of the molecule is Cc1ccc(-c2nccn2[C@H]2C[C@H]3CO[C@@H](CCO)CN3C2)c(Cl)c1. The predicted octanol–water partition coefficient (Wildman–Crippen LogP) is 2.91. The summed E-state index contributed by atoms with van der Waals surface area (Å²) in [5.74, 6) is 0.933. The Morgan fingerprint density at radius 2 is 2.20 bits per heavy atom. The van der Waals surface area contributed by atoms with Gasteiger partial charge in [0.15, 0.2) is 0 Å². The molecule has 2 aliphatic rings. The normalized spacial score (nSPS) is 26.8. The van der Waals surface area contributed by atoms with E-state index in [1.165, 1.54) is 0 Å². The second-order valence-corrected chi connectivity index (χ2v) is 7.51. The molecule has 0 amide bonds. The van der Waals surface area contributed by atoms with Crippen molar-refractivity contribution in [2.24, 2.45) is 0 Å². The highest BCUT2D eigenvalue weighted by atomic mass is 35.5. The van der Waals surface area contributed by atoms with E-state index >= 15 is 0 Å². The molecule has 6 heteroatoms. The van der Waals surface area contributed by atoms with Crippen molar-refractivity contribution >= 4 is 11.6 Å². The zero-order valence-electron chi connectivity index (χ0n) is 14.4. The fourth-order valence-corrected chi connectivity index (χ4v) is 4.37. The molecule has 2 aromatic rings. The van der Waals surface area contributed by atoms with Gasteiger partial charge in [0.25, 0.3) is 0 Å². The van der Waals surface area contributed by atoms with Crippen molar-refractivity contribution < 1.29 is 9.84 Å². The van der Waals surface area contributed by atoms with Gasteiger partial charge in [-0.15, -0.1) is 0 Å². The predicted molar refractivity (Wildman–Crippen MR) is 97.9 cm³/mol. The first-order valence-corrected chi connectivity index (χ1v) is 9.29. The number of aromatic nitrogens is 2. The summed E-state index contributed by atoms with van der Waals surface area (Å²) in [6.45, 7) is 4.86. The molecule has 3 heterocycles. The summed E-state index contributed by atoms with van der Waals surface area (Å²) in [5, 5.41) is 9.89. The lowest BCUT2D eigenvalue weighted by Crippen LogP contribution is -2.46. The van der Waals surface area contributed by atoms with E-state index in [0.717, 1.165) is 48.1 Å². The average molecular weight is 362 g/mol. The first-order valence-electron chi connectivity index (χ1n) is 8.91. The molecular formula is C19H24ClN3O2. The molecule has 2 fully saturated rings. The monoisotopic (exact) mass is 361 g/mol. The number of imidazole rings is 1. The summed E-state index contributed by atoms with van der Waals surface area (Å²) < 4.78 is 8.16. The van der Waals surface area contributed by atoms with E-state index in [9.17, 15) is 0 Å². The van der Waals surface area contributed by atoms with Crippen molar-refractivity contribution in [3.05, 3.63) is 41.2 Å². The van der Waals surface area contributed by atoms with Crippen LogP contribution in [0.15, 0.2) is 30.6 Å². The van der Waals surface area contributed by atoms with Gasteiger partial charge in [-0.3, -0.25) is 4.90 Å². The molecule has 0 spiro atoms. The van der Waals surface area contributed by atoms with E-state index < -0.39 is 0 Å². The summed E-state index contributed by atoms with van der Waals surface area (Å²) in [7, 11) is 0.